The van der Waals surface area contributed by atoms with Gasteiger partial charge in [-0.25, -0.2) is 4.98 Å². The van der Waals surface area contributed by atoms with Crippen LogP contribution in [0, 0.1) is 0 Å². The van der Waals surface area contributed by atoms with Gasteiger partial charge in [-0.2, -0.15) is 0 Å². The van der Waals surface area contributed by atoms with Crippen molar-refractivity contribution < 1.29 is 9.53 Å². The zero-order valence-electron chi connectivity index (χ0n) is 17.3. The molecule has 1 N–H and O–H groups in total. The smallest absolute Gasteiger partial charge is 0.219 e. The minimum Gasteiger partial charge on any atom is -0.494 e. The topological polar surface area (TPSA) is 56.2 Å². The molecule has 1 aromatic heterocycles. The number of fused-ring (bicyclic) bond motifs is 2. The lowest BCUT2D eigenvalue weighted by Crippen LogP contribution is -2.25. The third kappa shape index (κ3) is 4.62. The largest absolute Gasteiger partial charge is 0.494 e. The summed E-state index contributed by atoms with van der Waals surface area (Å²) in [6.07, 6.45) is 2.09. The highest BCUT2D eigenvalue weighted by atomic mass is 16.5. The van der Waals surface area contributed by atoms with Gasteiger partial charge in [-0.1, -0.05) is 49.4 Å². The number of hydrogen-bond acceptors (Lipinski definition) is 3. The summed E-state index contributed by atoms with van der Waals surface area (Å²) >= 11 is 0. The summed E-state index contributed by atoms with van der Waals surface area (Å²) in [4.78, 5) is 16.3. The Bertz CT molecular complexity index is 1150. The first kappa shape index (κ1) is 20.0. The van der Waals surface area contributed by atoms with Gasteiger partial charge in [-0.3, -0.25) is 4.79 Å². The van der Waals surface area contributed by atoms with Crippen molar-refractivity contribution in [2.75, 3.05) is 13.2 Å². The van der Waals surface area contributed by atoms with Gasteiger partial charge < -0.3 is 14.6 Å². The van der Waals surface area contributed by atoms with Gasteiger partial charge in [-0.15, -0.1) is 0 Å². The third-order valence-corrected chi connectivity index (χ3v) is 5.24. The predicted molar refractivity (Wildman–Crippen MR) is 121 cm³/mol. The first-order chi connectivity index (χ1) is 14.7. The second-order valence-electron chi connectivity index (χ2n) is 7.33. The highest BCUT2D eigenvalue weighted by molar-refractivity contribution is 5.83. The predicted octanol–water partition coefficient (Wildman–Crippen LogP) is 4.73. The van der Waals surface area contributed by atoms with Crippen molar-refractivity contribution >= 4 is 27.7 Å². The molecule has 0 fully saturated rings. The number of nitrogens with zero attached hydrogens (tertiary/aromatic N) is 2. The number of hydrogen-bond donors (Lipinski definition) is 1. The van der Waals surface area contributed by atoms with E-state index in [1.165, 1.54) is 10.8 Å². The van der Waals surface area contributed by atoms with Crippen LogP contribution in [0.1, 0.15) is 25.6 Å². The molecule has 1 heterocycles. The van der Waals surface area contributed by atoms with Crippen LogP contribution in [0.25, 0.3) is 21.8 Å². The molecule has 0 aliphatic carbocycles. The fourth-order valence-corrected chi connectivity index (χ4v) is 3.67. The first-order valence-electron chi connectivity index (χ1n) is 10.6. The molecule has 1 amide bonds. The molecule has 0 spiro atoms. The molecular weight excluding hydrogens is 374 g/mol. The second kappa shape index (κ2) is 9.44. The maximum Gasteiger partial charge on any atom is 0.219 e. The Morgan fingerprint density at radius 1 is 1.03 bits per heavy atom. The zero-order valence-corrected chi connectivity index (χ0v) is 17.3. The van der Waals surface area contributed by atoms with E-state index >= 15 is 0 Å². The van der Waals surface area contributed by atoms with Crippen molar-refractivity contribution in [1.29, 1.82) is 0 Å². The fourth-order valence-electron chi connectivity index (χ4n) is 3.67. The van der Waals surface area contributed by atoms with Crippen LogP contribution in [0.5, 0.6) is 5.75 Å². The Kier molecular flexibility index (Phi) is 6.28. The highest BCUT2D eigenvalue weighted by Gasteiger charge is 2.10. The van der Waals surface area contributed by atoms with Crippen LogP contribution in [0.3, 0.4) is 0 Å². The van der Waals surface area contributed by atoms with E-state index in [-0.39, 0.29) is 5.91 Å². The summed E-state index contributed by atoms with van der Waals surface area (Å²) in [5, 5.41) is 5.34. The SMILES string of the molecule is CCC(=O)NCCc1nc2ccccc2n1CCCOc1ccc2ccccc2c1. The number of nitrogens with one attached hydrogen (secondary N) is 1. The number of rotatable bonds is 9. The molecule has 3 aromatic carbocycles. The first-order valence-corrected chi connectivity index (χ1v) is 10.6. The second-order valence-corrected chi connectivity index (χ2v) is 7.33. The Morgan fingerprint density at radius 3 is 2.70 bits per heavy atom. The molecule has 154 valence electrons. The summed E-state index contributed by atoms with van der Waals surface area (Å²) in [7, 11) is 0. The van der Waals surface area contributed by atoms with E-state index in [0.29, 0.717) is 26.0 Å². The van der Waals surface area contributed by atoms with Crippen LogP contribution in [-0.4, -0.2) is 28.6 Å². The number of benzene rings is 3. The van der Waals surface area contributed by atoms with Gasteiger partial charge in [0, 0.05) is 25.9 Å². The molecule has 30 heavy (non-hydrogen) atoms. The molecule has 4 rings (SSSR count). The van der Waals surface area contributed by atoms with Gasteiger partial charge in [0.1, 0.15) is 11.6 Å². The molecule has 0 atom stereocenters. The summed E-state index contributed by atoms with van der Waals surface area (Å²) in [6, 6.07) is 22.7. The van der Waals surface area contributed by atoms with Crippen molar-refractivity contribution in [2.45, 2.75) is 32.7 Å². The number of aromatic nitrogens is 2. The Labute approximate surface area is 176 Å². The van der Waals surface area contributed by atoms with Gasteiger partial charge in [0.25, 0.3) is 0 Å². The molecule has 5 nitrogen and oxygen atoms in total. The fraction of sp³-hybridized carbons (Fsp3) is 0.280. The minimum absolute atomic E-state index is 0.0708. The molecule has 5 heteroatoms. The van der Waals surface area contributed by atoms with E-state index in [1.54, 1.807) is 0 Å². The number of imidazole rings is 1. The molecule has 0 unspecified atom stereocenters. The molecule has 0 saturated heterocycles. The molecule has 0 radical (unpaired) electrons. The zero-order chi connectivity index (χ0) is 20.8. The molecule has 0 aliphatic heterocycles. The quantitative estimate of drug-likeness (QED) is 0.413. The van der Waals surface area contributed by atoms with Crippen molar-refractivity contribution in [2.24, 2.45) is 0 Å². The lowest BCUT2D eigenvalue weighted by Gasteiger charge is -2.11. The van der Waals surface area contributed by atoms with Gasteiger partial charge in [0.15, 0.2) is 0 Å². The third-order valence-electron chi connectivity index (χ3n) is 5.24. The van der Waals surface area contributed by atoms with Crippen molar-refractivity contribution in [3.63, 3.8) is 0 Å². The lowest BCUT2D eigenvalue weighted by atomic mass is 10.1. The standard InChI is InChI=1S/C25H27N3O2/c1-2-25(29)26-15-14-24-27-22-10-5-6-11-23(22)28(24)16-7-17-30-21-13-12-19-8-3-4-9-20(19)18-21/h3-6,8-13,18H,2,7,14-17H2,1H3,(H,26,29). The lowest BCUT2D eigenvalue weighted by molar-refractivity contribution is -0.120. The van der Waals surface area contributed by atoms with E-state index in [4.69, 9.17) is 9.72 Å². The van der Waals surface area contributed by atoms with Crippen LogP contribution in [0.2, 0.25) is 0 Å². The normalized spacial score (nSPS) is 11.1. The number of aryl methyl sites for hydroxylation is 1. The molecule has 0 aliphatic rings. The van der Waals surface area contributed by atoms with Gasteiger partial charge in [0.2, 0.25) is 5.91 Å². The number of ether oxygens (including phenoxy) is 1. The number of carbonyl (C=O) groups is 1. The van der Waals surface area contributed by atoms with E-state index in [1.807, 2.05) is 43.3 Å². The minimum atomic E-state index is 0.0708. The van der Waals surface area contributed by atoms with Crippen LogP contribution in [0.15, 0.2) is 66.7 Å². The van der Waals surface area contributed by atoms with Gasteiger partial charge in [-0.05, 0) is 41.5 Å². The van der Waals surface area contributed by atoms with Crippen LogP contribution < -0.4 is 10.1 Å². The summed E-state index contributed by atoms with van der Waals surface area (Å²) in [6.45, 7) is 3.92. The monoisotopic (exact) mass is 401 g/mol. The molecular formula is C25H27N3O2. The maximum absolute atomic E-state index is 11.5. The van der Waals surface area contributed by atoms with Crippen molar-refractivity contribution in [1.82, 2.24) is 14.9 Å². The molecule has 0 bridgehead atoms. The number of carbonyl (C=O) groups excluding carboxylic acids is 1. The van der Waals surface area contributed by atoms with E-state index in [0.717, 1.165) is 35.6 Å². The Morgan fingerprint density at radius 2 is 1.83 bits per heavy atom. The van der Waals surface area contributed by atoms with Crippen molar-refractivity contribution in [3.8, 4) is 5.75 Å². The summed E-state index contributed by atoms with van der Waals surface area (Å²) < 4.78 is 8.25. The highest BCUT2D eigenvalue weighted by Crippen LogP contribution is 2.21. The molecule has 4 aromatic rings. The average Bonchev–Trinajstić information content (AvgIpc) is 3.13. The Hall–Kier alpha value is -3.34. The summed E-state index contributed by atoms with van der Waals surface area (Å²) in [5.41, 5.74) is 2.12. The maximum atomic E-state index is 11.5. The van der Waals surface area contributed by atoms with E-state index in [2.05, 4.69) is 40.2 Å². The van der Waals surface area contributed by atoms with Crippen LogP contribution >= 0.6 is 0 Å². The number of amides is 1. The van der Waals surface area contributed by atoms with Gasteiger partial charge >= 0.3 is 0 Å². The van der Waals surface area contributed by atoms with Crippen molar-refractivity contribution in [3.05, 3.63) is 72.6 Å². The summed E-state index contributed by atoms with van der Waals surface area (Å²) in [5.74, 6) is 1.96. The van der Waals surface area contributed by atoms with E-state index < -0.39 is 0 Å². The van der Waals surface area contributed by atoms with E-state index in [9.17, 15) is 4.79 Å². The number of para-hydroxylation sites is 2. The average molecular weight is 402 g/mol. The Balaban J connectivity index is 1.39. The molecule has 0 saturated carbocycles. The van der Waals surface area contributed by atoms with Crippen LogP contribution in [-0.2, 0) is 17.8 Å². The van der Waals surface area contributed by atoms with Gasteiger partial charge in [0.05, 0.1) is 17.6 Å². The van der Waals surface area contributed by atoms with Crippen LogP contribution in [0.4, 0.5) is 0 Å².